The van der Waals surface area contributed by atoms with Gasteiger partial charge in [-0.15, -0.1) is 0 Å². The Bertz CT molecular complexity index is 942. The first-order valence-electron chi connectivity index (χ1n) is 8.43. The lowest BCUT2D eigenvalue weighted by molar-refractivity contribution is -0.385. The Balaban J connectivity index is 1.61. The molecule has 0 radical (unpaired) electrons. The summed E-state index contributed by atoms with van der Waals surface area (Å²) in [7, 11) is 0. The lowest BCUT2D eigenvalue weighted by atomic mass is 10.1. The average molecular weight is 415 g/mol. The molecule has 9 heteroatoms. The van der Waals surface area contributed by atoms with Crippen LogP contribution >= 0.6 is 11.6 Å². The summed E-state index contributed by atoms with van der Waals surface area (Å²) < 4.78 is 11.3. The zero-order valence-corrected chi connectivity index (χ0v) is 15.7. The fourth-order valence-corrected chi connectivity index (χ4v) is 2.83. The molecule has 148 valence electrons. The Morgan fingerprint density at radius 3 is 1.41 bits per heavy atom. The maximum Gasteiger partial charge on any atom is 0.269 e. The van der Waals surface area contributed by atoms with Crippen LogP contribution in [0.15, 0.2) is 66.7 Å². The van der Waals surface area contributed by atoms with E-state index in [0.29, 0.717) is 16.5 Å². The van der Waals surface area contributed by atoms with Gasteiger partial charge in [-0.3, -0.25) is 20.2 Å². The molecule has 3 aromatic carbocycles. The van der Waals surface area contributed by atoms with Crippen LogP contribution in [0.25, 0.3) is 0 Å². The van der Waals surface area contributed by atoms with Gasteiger partial charge in [0.05, 0.1) is 9.85 Å². The fraction of sp³-hybridized carbons (Fsp3) is 0.100. The number of rotatable bonds is 8. The largest absolute Gasteiger partial charge is 0.489 e. The second-order valence-corrected chi connectivity index (χ2v) is 6.48. The van der Waals surface area contributed by atoms with E-state index in [4.69, 9.17) is 21.1 Å². The molecule has 8 nitrogen and oxygen atoms in total. The molecular weight excluding hydrogens is 400 g/mol. The minimum Gasteiger partial charge on any atom is -0.489 e. The minimum absolute atomic E-state index is 0.00853. The topological polar surface area (TPSA) is 105 Å². The molecule has 29 heavy (non-hydrogen) atoms. The van der Waals surface area contributed by atoms with Gasteiger partial charge in [0, 0.05) is 29.3 Å². The second-order valence-electron chi connectivity index (χ2n) is 6.05. The van der Waals surface area contributed by atoms with Gasteiger partial charge in [-0.2, -0.15) is 0 Å². The molecule has 0 N–H and O–H groups in total. The minimum atomic E-state index is -0.474. The summed E-state index contributed by atoms with van der Waals surface area (Å²) >= 11 is 6.16. The van der Waals surface area contributed by atoms with E-state index in [1.807, 2.05) is 6.07 Å². The third-order valence-electron chi connectivity index (χ3n) is 3.92. The van der Waals surface area contributed by atoms with Crippen LogP contribution < -0.4 is 9.47 Å². The second kappa shape index (κ2) is 9.03. The number of hydrogen-bond acceptors (Lipinski definition) is 6. The Morgan fingerprint density at radius 1 is 0.690 bits per heavy atom. The molecule has 0 bridgehead atoms. The summed E-state index contributed by atoms with van der Waals surface area (Å²) in [5, 5.41) is 21.9. The number of benzene rings is 3. The monoisotopic (exact) mass is 414 g/mol. The highest BCUT2D eigenvalue weighted by molar-refractivity contribution is 6.30. The first kappa shape index (κ1) is 20.1. The molecule has 0 aliphatic carbocycles. The molecule has 0 aliphatic heterocycles. The van der Waals surface area contributed by atoms with Crippen LogP contribution in [0.1, 0.15) is 11.1 Å². The first-order chi connectivity index (χ1) is 13.9. The maximum absolute atomic E-state index is 10.7. The van der Waals surface area contributed by atoms with E-state index >= 15 is 0 Å². The van der Waals surface area contributed by atoms with Crippen molar-refractivity contribution in [1.29, 1.82) is 0 Å². The van der Waals surface area contributed by atoms with Crippen molar-refractivity contribution in [3.05, 3.63) is 103 Å². The predicted octanol–water partition coefficient (Wildman–Crippen LogP) is 5.31. The summed E-state index contributed by atoms with van der Waals surface area (Å²) in [6.45, 7) is 0.450. The van der Waals surface area contributed by atoms with E-state index in [0.717, 1.165) is 11.1 Å². The fourth-order valence-electron chi connectivity index (χ4n) is 2.55. The van der Waals surface area contributed by atoms with E-state index in [2.05, 4.69) is 0 Å². The third-order valence-corrected chi connectivity index (χ3v) is 4.14. The lowest BCUT2D eigenvalue weighted by Gasteiger charge is -2.10. The highest BCUT2D eigenvalue weighted by Crippen LogP contribution is 2.22. The van der Waals surface area contributed by atoms with E-state index in [9.17, 15) is 20.2 Å². The van der Waals surface area contributed by atoms with E-state index in [1.165, 1.54) is 48.5 Å². The predicted molar refractivity (Wildman–Crippen MR) is 106 cm³/mol. The summed E-state index contributed by atoms with van der Waals surface area (Å²) in [5.41, 5.74) is 1.59. The quantitative estimate of drug-likeness (QED) is 0.365. The van der Waals surface area contributed by atoms with Crippen molar-refractivity contribution in [3.63, 3.8) is 0 Å². The van der Waals surface area contributed by atoms with Gasteiger partial charge in [0.25, 0.3) is 11.4 Å². The van der Waals surface area contributed by atoms with E-state index in [1.54, 1.807) is 12.1 Å². The van der Waals surface area contributed by atoms with Crippen LogP contribution in [0, 0.1) is 20.2 Å². The van der Waals surface area contributed by atoms with Gasteiger partial charge in [-0.1, -0.05) is 11.6 Å². The van der Waals surface area contributed by atoms with Gasteiger partial charge in [0.15, 0.2) is 0 Å². The van der Waals surface area contributed by atoms with Gasteiger partial charge < -0.3 is 9.47 Å². The van der Waals surface area contributed by atoms with Crippen molar-refractivity contribution in [2.45, 2.75) is 13.2 Å². The summed E-state index contributed by atoms with van der Waals surface area (Å²) in [5.74, 6) is 0.999. The van der Waals surface area contributed by atoms with Crippen molar-refractivity contribution in [2.75, 3.05) is 0 Å². The molecular formula is C20H15ClN2O6. The van der Waals surface area contributed by atoms with Crippen LogP contribution in [0.4, 0.5) is 11.4 Å². The van der Waals surface area contributed by atoms with Crippen LogP contribution in [-0.4, -0.2) is 9.85 Å². The number of nitro benzene ring substituents is 2. The van der Waals surface area contributed by atoms with E-state index in [-0.39, 0.29) is 24.6 Å². The molecule has 0 spiro atoms. The van der Waals surface area contributed by atoms with Crippen molar-refractivity contribution in [1.82, 2.24) is 0 Å². The van der Waals surface area contributed by atoms with Gasteiger partial charge in [0.1, 0.15) is 24.7 Å². The van der Waals surface area contributed by atoms with Crippen molar-refractivity contribution in [2.24, 2.45) is 0 Å². The molecule has 0 aliphatic rings. The van der Waals surface area contributed by atoms with Gasteiger partial charge in [0.2, 0.25) is 0 Å². The lowest BCUT2D eigenvalue weighted by Crippen LogP contribution is -2.00. The molecule has 3 aromatic rings. The smallest absolute Gasteiger partial charge is 0.269 e. The van der Waals surface area contributed by atoms with Gasteiger partial charge >= 0.3 is 0 Å². The zero-order valence-electron chi connectivity index (χ0n) is 15.0. The third kappa shape index (κ3) is 5.66. The number of hydrogen-bond donors (Lipinski definition) is 0. The van der Waals surface area contributed by atoms with Crippen molar-refractivity contribution >= 4 is 23.0 Å². The summed E-state index contributed by atoms with van der Waals surface area (Å²) in [6, 6.07) is 17.0. The molecule has 0 fully saturated rings. The molecule has 0 saturated heterocycles. The Morgan fingerprint density at radius 2 is 1.07 bits per heavy atom. The Kier molecular flexibility index (Phi) is 6.25. The molecule has 0 aromatic heterocycles. The molecule has 0 unspecified atom stereocenters. The number of nitro groups is 2. The van der Waals surface area contributed by atoms with Crippen molar-refractivity contribution < 1.29 is 19.3 Å². The first-order valence-corrected chi connectivity index (χ1v) is 8.81. The van der Waals surface area contributed by atoms with Crippen LogP contribution in [0.5, 0.6) is 11.5 Å². The Hall–Kier alpha value is -3.65. The van der Waals surface area contributed by atoms with Crippen LogP contribution in [0.3, 0.4) is 0 Å². The van der Waals surface area contributed by atoms with Gasteiger partial charge in [-0.05, 0) is 53.6 Å². The summed E-state index contributed by atoms with van der Waals surface area (Å²) in [4.78, 5) is 20.4. The van der Waals surface area contributed by atoms with Crippen LogP contribution in [0.2, 0.25) is 5.02 Å². The standard InChI is InChI=1S/C20H15ClN2O6/c21-16-10-14(12-28-19-5-1-17(2-6-19)22(24)25)9-15(11-16)13-29-20-7-3-18(4-8-20)23(26)27/h1-11H,12-13H2. The highest BCUT2D eigenvalue weighted by atomic mass is 35.5. The number of halogens is 1. The highest BCUT2D eigenvalue weighted by Gasteiger charge is 2.07. The number of nitrogens with zero attached hydrogens (tertiary/aromatic N) is 2. The molecule has 3 rings (SSSR count). The van der Waals surface area contributed by atoms with E-state index < -0.39 is 9.85 Å². The maximum atomic E-state index is 10.7. The zero-order chi connectivity index (χ0) is 20.8. The Labute approximate surface area is 170 Å². The number of non-ortho nitro benzene ring substituents is 2. The molecule has 0 atom stereocenters. The molecule has 0 amide bonds. The SMILES string of the molecule is O=[N+]([O-])c1ccc(OCc2cc(Cl)cc(COc3ccc([N+](=O)[O-])cc3)c2)cc1. The average Bonchev–Trinajstić information content (AvgIpc) is 2.71. The van der Waals surface area contributed by atoms with Gasteiger partial charge in [-0.25, -0.2) is 0 Å². The molecule has 0 saturated carbocycles. The molecule has 0 heterocycles. The van der Waals surface area contributed by atoms with Crippen molar-refractivity contribution in [3.8, 4) is 11.5 Å². The summed E-state index contributed by atoms with van der Waals surface area (Å²) in [6.07, 6.45) is 0. The normalized spacial score (nSPS) is 10.4. The number of ether oxygens (including phenoxy) is 2. The van der Waals surface area contributed by atoms with Crippen LogP contribution in [-0.2, 0) is 13.2 Å².